The van der Waals surface area contributed by atoms with E-state index in [4.69, 9.17) is 0 Å². The van der Waals surface area contributed by atoms with Gasteiger partial charge in [-0.15, -0.1) is 0 Å². The molecule has 0 spiro atoms. The van der Waals surface area contributed by atoms with Gasteiger partial charge in [0.15, 0.2) is 0 Å². The van der Waals surface area contributed by atoms with Crippen LogP contribution in [0.15, 0.2) is 0 Å². The van der Waals surface area contributed by atoms with Crippen molar-refractivity contribution < 1.29 is 4.79 Å². The Morgan fingerprint density at radius 1 is 1.50 bits per heavy atom. The molecule has 10 heavy (non-hydrogen) atoms. The molecule has 2 unspecified atom stereocenters. The summed E-state index contributed by atoms with van der Waals surface area (Å²) in [5.74, 6) is 1.42. The summed E-state index contributed by atoms with van der Waals surface area (Å²) in [7, 11) is 0. The average Bonchev–Trinajstić information content (AvgIpc) is 2.22. The molecule has 1 heteroatoms. The number of fused-ring (bicyclic) bond motifs is 2. The minimum Gasteiger partial charge on any atom is -0.299 e. The van der Waals surface area contributed by atoms with Crippen molar-refractivity contribution in [3.63, 3.8) is 0 Å². The molecule has 0 radical (unpaired) electrons. The van der Waals surface area contributed by atoms with Gasteiger partial charge in [-0.2, -0.15) is 0 Å². The molecule has 56 valence electrons. The molecule has 2 bridgehead atoms. The van der Waals surface area contributed by atoms with E-state index >= 15 is 0 Å². The maximum absolute atomic E-state index is 11.4. The summed E-state index contributed by atoms with van der Waals surface area (Å²) in [5.41, 5.74) is 0.114. The summed E-state index contributed by atoms with van der Waals surface area (Å²) in [6.07, 6.45) is 5.69. The van der Waals surface area contributed by atoms with Crippen LogP contribution in [0.4, 0.5) is 0 Å². The fourth-order valence-corrected chi connectivity index (χ4v) is 2.50. The molecule has 2 rings (SSSR count). The first-order valence-corrected chi connectivity index (χ1v) is 4.24. The Hall–Kier alpha value is -0.330. The van der Waals surface area contributed by atoms with Gasteiger partial charge in [0.2, 0.25) is 0 Å². The molecule has 0 aromatic rings. The van der Waals surface area contributed by atoms with E-state index in [2.05, 4.69) is 6.92 Å². The second-order valence-corrected chi connectivity index (χ2v) is 4.13. The van der Waals surface area contributed by atoms with Crippen molar-refractivity contribution >= 4 is 5.78 Å². The number of hydrogen-bond donors (Lipinski definition) is 0. The lowest BCUT2D eigenvalue weighted by Crippen LogP contribution is -2.28. The van der Waals surface area contributed by atoms with Gasteiger partial charge in [0, 0.05) is 11.8 Å². The summed E-state index contributed by atoms with van der Waals surface area (Å²) in [5, 5.41) is 0. The predicted octanol–water partition coefficient (Wildman–Crippen LogP) is 2.16. The van der Waals surface area contributed by atoms with Gasteiger partial charge in [-0.3, -0.25) is 4.79 Å². The highest BCUT2D eigenvalue weighted by molar-refractivity contribution is 5.85. The van der Waals surface area contributed by atoms with E-state index in [1.807, 2.05) is 0 Å². The summed E-state index contributed by atoms with van der Waals surface area (Å²) in [6, 6.07) is 0. The first-order valence-electron chi connectivity index (χ1n) is 4.24. The zero-order valence-corrected chi connectivity index (χ0v) is 6.52. The van der Waals surface area contributed by atoms with Crippen LogP contribution in [0.25, 0.3) is 0 Å². The van der Waals surface area contributed by atoms with E-state index in [0.29, 0.717) is 5.78 Å². The van der Waals surface area contributed by atoms with Gasteiger partial charge in [-0.25, -0.2) is 0 Å². The van der Waals surface area contributed by atoms with Crippen molar-refractivity contribution in [2.45, 2.75) is 39.0 Å². The zero-order valence-electron chi connectivity index (χ0n) is 6.52. The molecule has 2 saturated carbocycles. The molecule has 2 aliphatic rings. The molecular formula is C9H14O. The first kappa shape index (κ1) is 6.38. The molecule has 0 heterocycles. The van der Waals surface area contributed by atoms with Crippen molar-refractivity contribution in [2.24, 2.45) is 11.3 Å². The third kappa shape index (κ3) is 0.727. The van der Waals surface area contributed by atoms with Crippen LogP contribution in [0.1, 0.15) is 39.0 Å². The van der Waals surface area contributed by atoms with Crippen LogP contribution in [0.5, 0.6) is 0 Å². The molecule has 0 N–H and O–H groups in total. The lowest BCUT2D eigenvalue weighted by molar-refractivity contribution is -0.129. The van der Waals surface area contributed by atoms with Gasteiger partial charge < -0.3 is 0 Å². The summed E-state index contributed by atoms with van der Waals surface area (Å²) >= 11 is 0. The van der Waals surface area contributed by atoms with Gasteiger partial charge in [-0.1, -0.05) is 6.92 Å². The van der Waals surface area contributed by atoms with Crippen LogP contribution < -0.4 is 0 Å². The van der Waals surface area contributed by atoms with E-state index in [9.17, 15) is 4.79 Å². The van der Waals surface area contributed by atoms with Gasteiger partial charge in [0.05, 0.1) is 0 Å². The minimum atomic E-state index is 0.114. The van der Waals surface area contributed by atoms with E-state index in [1.165, 1.54) is 19.3 Å². The van der Waals surface area contributed by atoms with Gasteiger partial charge in [0.1, 0.15) is 5.78 Å². The van der Waals surface area contributed by atoms with Crippen molar-refractivity contribution in [2.75, 3.05) is 0 Å². The summed E-state index contributed by atoms with van der Waals surface area (Å²) in [6.45, 7) is 2.15. The van der Waals surface area contributed by atoms with Gasteiger partial charge in [-0.05, 0) is 31.6 Å². The number of ketones is 1. The Bertz CT molecular complexity index is 174. The van der Waals surface area contributed by atoms with E-state index in [-0.39, 0.29) is 5.41 Å². The summed E-state index contributed by atoms with van der Waals surface area (Å²) < 4.78 is 0. The zero-order chi connectivity index (χ0) is 7.19. The molecule has 2 aliphatic carbocycles. The number of hydrogen-bond acceptors (Lipinski definition) is 1. The van der Waals surface area contributed by atoms with E-state index in [1.54, 1.807) is 0 Å². The molecule has 2 atom stereocenters. The fraction of sp³-hybridized carbons (Fsp3) is 0.889. The smallest absolute Gasteiger partial charge is 0.138 e. The second kappa shape index (κ2) is 1.84. The van der Waals surface area contributed by atoms with Crippen molar-refractivity contribution in [1.29, 1.82) is 0 Å². The maximum Gasteiger partial charge on any atom is 0.138 e. The second-order valence-electron chi connectivity index (χ2n) is 4.13. The normalized spacial score (nSPS) is 46.1. The van der Waals surface area contributed by atoms with Gasteiger partial charge in [0.25, 0.3) is 0 Å². The quantitative estimate of drug-likeness (QED) is 0.501. The molecule has 1 nitrogen and oxygen atoms in total. The largest absolute Gasteiger partial charge is 0.299 e. The Balaban J connectivity index is 2.25. The van der Waals surface area contributed by atoms with Crippen molar-refractivity contribution in [1.82, 2.24) is 0 Å². The highest BCUT2D eigenvalue weighted by atomic mass is 16.1. The monoisotopic (exact) mass is 138 g/mol. The number of carbonyl (C=O) groups excluding carboxylic acids is 1. The SMILES string of the molecule is CC12CCC(CCC1=O)C2. The lowest BCUT2D eigenvalue weighted by atomic mass is 9.76. The van der Waals surface area contributed by atoms with Crippen LogP contribution in [0.3, 0.4) is 0 Å². The number of carbonyl (C=O) groups is 1. The molecule has 0 saturated heterocycles. The Kier molecular flexibility index (Phi) is 1.17. The predicted molar refractivity (Wildman–Crippen MR) is 39.7 cm³/mol. The Morgan fingerprint density at radius 3 is 3.00 bits per heavy atom. The number of Topliss-reactive ketones (excluding diaryl/α,β-unsaturated/α-hetero) is 1. The fourth-order valence-electron chi connectivity index (χ4n) is 2.50. The Labute approximate surface area is 61.8 Å². The van der Waals surface area contributed by atoms with Crippen molar-refractivity contribution in [3.05, 3.63) is 0 Å². The van der Waals surface area contributed by atoms with Crippen LogP contribution in [-0.4, -0.2) is 5.78 Å². The lowest BCUT2D eigenvalue weighted by Gasteiger charge is -2.26. The standard InChI is InChI=1S/C9H14O/c1-9-5-4-7(6-9)2-3-8(9)10/h7H,2-6H2,1H3. The molecule has 0 amide bonds. The molecule has 2 fully saturated rings. The molecule has 0 aliphatic heterocycles. The van der Waals surface area contributed by atoms with E-state index < -0.39 is 0 Å². The molecule has 0 aromatic heterocycles. The maximum atomic E-state index is 11.4. The van der Waals surface area contributed by atoms with Crippen LogP contribution >= 0.6 is 0 Å². The Morgan fingerprint density at radius 2 is 2.30 bits per heavy atom. The highest BCUT2D eigenvalue weighted by Gasteiger charge is 2.43. The molecular weight excluding hydrogens is 124 g/mol. The van der Waals surface area contributed by atoms with Crippen LogP contribution in [-0.2, 0) is 4.79 Å². The third-order valence-electron chi connectivity index (χ3n) is 3.30. The molecule has 0 aromatic carbocycles. The number of rotatable bonds is 0. The average molecular weight is 138 g/mol. The van der Waals surface area contributed by atoms with Gasteiger partial charge >= 0.3 is 0 Å². The summed E-state index contributed by atoms with van der Waals surface area (Å²) in [4.78, 5) is 11.4. The third-order valence-corrected chi connectivity index (χ3v) is 3.30. The topological polar surface area (TPSA) is 17.1 Å². The van der Waals surface area contributed by atoms with Crippen LogP contribution in [0.2, 0.25) is 0 Å². The van der Waals surface area contributed by atoms with Crippen LogP contribution in [0, 0.1) is 11.3 Å². The first-order chi connectivity index (χ1) is 4.71. The minimum absolute atomic E-state index is 0.114. The van der Waals surface area contributed by atoms with Crippen molar-refractivity contribution in [3.8, 4) is 0 Å². The van der Waals surface area contributed by atoms with E-state index in [0.717, 1.165) is 18.8 Å². The highest BCUT2D eigenvalue weighted by Crippen LogP contribution is 2.48.